The number of nitrogens with zero attached hydrogens (tertiary/aromatic N) is 1. The molecule has 0 aliphatic rings. The van der Waals surface area contributed by atoms with Crippen molar-refractivity contribution in [3.63, 3.8) is 0 Å². The third-order valence-electron chi connectivity index (χ3n) is 1.87. The van der Waals surface area contributed by atoms with E-state index in [1.165, 1.54) is 19.2 Å². The summed E-state index contributed by atoms with van der Waals surface area (Å²) >= 11 is 5.87. The number of carbonyl (C=O) groups excluding carboxylic acids is 1. The molecule has 0 unspecified atom stereocenters. The molecule has 0 aromatic heterocycles. The number of aldehydes is 1. The predicted octanol–water partition coefficient (Wildman–Crippen LogP) is 2.20. The van der Waals surface area contributed by atoms with E-state index in [9.17, 15) is 14.9 Å². The van der Waals surface area contributed by atoms with Gasteiger partial charge < -0.3 is 9.53 Å². The molecular formula is C11H8ClNO4. The Balaban J connectivity index is 3.25. The van der Waals surface area contributed by atoms with Crippen LogP contribution in [-0.4, -0.2) is 18.3 Å². The highest BCUT2D eigenvalue weighted by molar-refractivity contribution is 6.32. The Hall–Kier alpha value is -2.06. The molecule has 1 aromatic carbocycles. The van der Waals surface area contributed by atoms with E-state index in [-0.39, 0.29) is 22.9 Å². The quantitative estimate of drug-likeness (QED) is 0.358. The first-order chi connectivity index (χ1) is 8.10. The van der Waals surface area contributed by atoms with E-state index in [4.69, 9.17) is 16.3 Å². The smallest absolute Gasteiger partial charge is 0.312 e. The molecule has 17 heavy (non-hydrogen) atoms. The molecule has 0 saturated carbocycles. The molecule has 0 saturated heterocycles. The van der Waals surface area contributed by atoms with E-state index in [0.29, 0.717) is 11.8 Å². The molecule has 0 spiro atoms. The molecule has 0 fully saturated rings. The molecule has 88 valence electrons. The number of hydrogen-bond donors (Lipinski definition) is 0. The minimum absolute atomic E-state index is 0.0517. The van der Waals surface area contributed by atoms with Crippen LogP contribution in [0.25, 0.3) is 0 Å². The molecule has 0 heterocycles. The number of methoxy groups -OCH3 is 1. The van der Waals surface area contributed by atoms with Gasteiger partial charge in [-0.1, -0.05) is 23.4 Å². The number of carbonyl (C=O) groups is 1. The van der Waals surface area contributed by atoms with Gasteiger partial charge in [0.2, 0.25) is 0 Å². The zero-order valence-electron chi connectivity index (χ0n) is 8.90. The highest BCUT2D eigenvalue weighted by Crippen LogP contribution is 2.32. The number of nitro groups is 1. The number of ether oxygens (including phenoxy) is 1. The normalized spacial score (nSPS) is 9.06. The molecule has 0 atom stereocenters. The van der Waals surface area contributed by atoms with Crippen molar-refractivity contribution in [3.8, 4) is 17.6 Å². The molecule has 0 aliphatic heterocycles. The molecule has 1 rings (SSSR count). The zero-order chi connectivity index (χ0) is 12.8. The predicted molar refractivity (Wildman–Crippen MR) is 62.2 cm³/mol. The number of halogens is 1. The van der Waals surface area contributed by atoms with Crippen LogP contribution in [0.15, 0.2) is 12.1 Å². The van der Waals surface area contributed by atoms with E-state index >= 15 is 0 Å². The van der Waals surface area contributed by atoms with Crippen molar-refractivity contribution < 1.29 is 14.5 Å². The summed E-state index contributed by atoms with van der Waals surface area (Å²) in [4.78, 5) is 20.3. The van der Waals surface area contributed by atoms with Gasteiger partial charge in [0.15, 0.2) is 5.75 Å². The zero-order valence-corrected chi connectivity index (χ0v) is 9.65. The summed E-state index contributed by atoms with van der Waals surface area (Å²) in [5, 5.41) is 11.0. The molecule has 1 aromatic rings. The van der Waals surface area contributed by atoms with Gasteiger partial charge in [0.1, 0.15) is 6.29 Å². The van der Waals surface area contributed by atoms with Gasteiger partial charge in [0, 0.05) is 12.1 Å². The maximum atomic E-state index is 10.8. The average molecular weight is 254 g/mol. The fourth-order valence-electron chi connectivity index (χ4n) is 1.13. The van der Waals surface area contributed by atoms with Gasteiger partial charge in [0.25, 0.3) is 0 Å². The summed E-state index contributed by atoms with van der Waals surface area (Å²) in [5.41, 5.74) is 0.0771. The lowest BCUT2D eigenvalue weighted by Gasteiger charge is -2.03. The third-order valence-corrected chi connectivity index (χ3v) is 2.19. The topological polar surface area (TPSA) is 69.4 Å². The van der Waals surface area contributed by atoms with Crippen LogP contribution in [0.3, 0.4) is 0 Å². The average Bonchev–Trinajstić information content (AvgIpc) is 2.30. The third kappa shape index (κ3) is 3.20. The second-order valence-electron chi connectivity index (χ2n) is 2.93. The van der Waals surface area contributed by atoms with E-state index in [2.05, 4.69) is 11.8 Å². The van der Waals surface area contributed by atoms with Crippen molar-refractivity contribution in [3.05, 3.63) is 32.8 Å². The van der Waals surface area contributed by atoms with Crippen molar-refractivity contribution in [2.75, 3.05) is 7.11 Å². The fraction of sp³-hybridized carbons (Fsp3) is 0.182. The number of benzene rings is 1. The molecular weight excluding hydrogens is 246 g/mol. The fourth-order valence-corrected chi connectivity index (χ4v) is 1.33. The van der Waals surface area contributed by atoms with Crippen LogP contribution in [0, 0.1) is 22.0 Å². The minimum atomic E-state index is -0.583. The first-order valence-corrected chi connectivity index (χ1v) is 4.92. The Kier molecular flexibility index (Phi) is 4.49. The summed E-state index contributed by atoms with van der Waals surface area (Å²) in [6.45, 7) is 0. The molecule has 0 bridgehead atoms. The van der Waals surface area contributed by atoms with Crippen LogP contribution in [0.5, 0.6) is 5.75 Å². The highest BCUT2D eigenvalue weighted by Gasteiger charge is 2.17. The summed E-state index contributed by atoms with van der Waals surface area (Å²) in [5.74, 6) is 5.19. The van der Waals surface area contributed by atoms with Gasteiger partial charge in [0.05, 0.1) is 29.0 Å². The van der Waals surface area contributed by atoms with Crippen molar-refractivity contribution in [1.29, 1.82) is 0 Å². The summed E-state index contributed by atoms with van der Waals surface area (Å²) in [7, 11) is 1.32. The lowest BCUT2D eigenvalue weighted by atomic mass is 10.2. The summed E-state index contributed by atoms with van der Waals surface area (Å²) in [6, 6.07) is 2.55. The monoisotopic (exact) mass is 253 g/mol. The second-order valence-corrected chi connectivity index (χ2v) is 3.34. The van der Waals surface area contributed by atoms with E-state index in [1.807, 2.05) is 0 Å². The highest BCUT2D eigenvalue weighted by atomic mass is 35.5. The van der Waals surface area contributed by atoms with Gasteiger partial charge in [-0.3, -0.25) is 10.1 Å². The molecule has 5 nitrogen and oxygen atoms in total. The van der Waals surface area contributed by atoms with E-state index < -0.39 is 4.92 Å². The first-order valence-electron chi connectivity index (χ1n) is 4.54. The maximum Gasteiger partial charge on any atom is 0.312 e. The van der Waals surface area contributed by atoms with Crippen LogP contribution < -0.4 is 4.74 Å². The molecule has 6 heteroatoms. The van der Waals surface area contributed by atoms with Gasteiger partial charge in [-0.25, -0.2) is 0 Å². The molecule has 0 aliphatic carbocycles. The Bertz CT molecular complexity index is 516. The standard InChI is InChI=1S/C11H8ClNO4/c1-17-11-7-9(12)8(4-2-3-5-14)6-10(11)13(15)16/h5-7H,3H2,1H3. The first kappa shape index (κ1) is 13.0. The van der Waals surface area contributed by atoms with Crippen LogP contribution in [0.2, 0.25) is 5.02 Å². The largest absolute Gasteiger partial charge is 0.490 e. The summed E-state index contributed by atoms with van der Waals surface area (Å²) < 4.78 is 4.84. The lowest BCUT2D eigenvalue weighted by Crippen LogP contribution is -1.95. The van der Waals surface area contributed by atoms with Gasteiger partial charge in [-0.05, 0) is 0 Å². The van der Waals surface area contributed by atoms with Crippen LogP contribution in [0.4, 0.5) is 5.69 Å². The lowest BCUT2D eigenvalue weighted by molar-refractivity contribution is -0.385. The van der Waals surface area contributed by atoms with Crippen LogP contribution in [-0.2, 0) is 4.79 Å². The molecule has 0 amide bonds. The van der Waals surface area contributed by atoms with Crippen LogP contribution in [0.1, 0.15) is 12.0 Å². The Morgan fingerprint density at radius 1 is 1.59 bits per heavy atom. The van der Waals surface area contributed by atoms with Gasteiger partial charge >= 0.3 is 5.69 Å². The van der Waals surface area contributed by atoms with Crippen molar-refractivity contribution in [2.45, 2.75) is 6.42 Å². The Morgan fingerprint density at radius 3 is 2.82 bits per heavy atom. The van der Waals surface area contributed by atoms with Crippen molar-refractivity contribution in [2.24, 2.45) is 0 Å². The SMILES string of the molecule is COc1cc(Cl)c(C#CCC=O)cc1[N+](=O)[O-]. The van der Waals surface area contributed by atoms with E-state index in [1.54, 1.807) is 0 Å². The Morgan fingerprint density at radius 2 is 2.29 bits per heavy atom. The minimum Gasteiger partial charge on any atom is -0.490 e. The van der Waals surface area contributed by atoms with E-state index in [0.717, 1.165) is 0 Å². The summed E-state index contributed by atoms with van der Waals surface area (Å²) in [6.07, 6.45) is 0.689. The second kappa shape index (κ2) is 5.87. The Labute approximate surface area is 102 Å². The van der Waals surface area contributed by atoms with Crippen LogP contribution >= 0.6 is 11.6 Å². The maximum absolute atomic E-state index is 10.8. The van der Waals surface area contributed by atoms with Gasteiger partial charge in [-0.2, -0.15) is 0 Å². The number of hydrogen-bond acceptors (Lipinski definition) is 4. The number of nitro benzene ring substituents is 1. The molecule has 0 N–H and O–H groups in total. The van der Waals surface area contributed by atoms with Crippen molar-refractivity contribution in [1.82, 2.24) is 0 Å². The van der Waals surface area contributed by atoms with Gasteiger partial charge in [-0.15, -0.1) is 0 Å². The van der Waals surface area contributed by atoms with Crippen molar-refractivity contribution >= 4 is 23.6 Å². The number of rotatable bonds is 3. The molecule has 0 radical (unpaired) electrons.